The number of hydrogen-bond acceptors (Lipinski definition) is 8. The molecular weight excluding hydrogens is 412 g/mol. The van der Waals surface area contributed by atoms with E-state index in [0.717, 1.165) is 5.56 Å². The topological polar surface area (TPSA) is 115 Å². The Morgan fingerprint density at radius 3 is 2.57 bits per heavy atom. The second-order valence-electron chi connectivity index (χ2n) is 6.34. The number of nitrogens with one attached hydrogen (secondary N) is 2. The lowest BCUT2D eigenvalue weighted by Gasteiger charge is -2.29. The molecule has 0 bridgehead atoms. The van der Waals surface area contributed by atoms with Gasteiger partial charge in [0.1, 0.15) is 6.26 Å². The number of carbonyl (C=O) groups excluding carboxylic acids is 1. The van der Waals surface area contributed by atoms with E-state index >= 15 is 0 Å². The summed E-state index contributed by atoms with van der Waals surface area (Å²) in [6.45, 7) is 2.59. The lowest BCUT2D eigenvalue weighted by atomic mass is 10.2. The summed E-state index contributed by atoms with van der Waals surface area (Å²) in [5.41, 5.74) is 1.34. The molecule has 1 aliphatic rings. The van der Waals surface area contributed by atoms with E-state index in [1.807, 2.05) is 0 Å². The van der Waals surface area contributed by atoms with Crippen molar-refractivity contribution in [2.75, 3.05) is 48.9 Å². The molecule has 0 spiro atoms. The third-order valence-electron chi connectivity index (χ3n) is 4.40. The number of rotatable bonds is 5. The van der Waals surface area contributed by atoms with Gasteiger partial charge in [-0.1, -0.05) is 16.8 Å². The normalized spacial score (nSPS) is 13.7. The number of amides is 2. The maximum Gasteiger partial charge on any atom is 0.324 e. The van der Waals surface area contributed by atoms with Crippen LogP contribution in [-0.4, -0.2) is 54.6 Å². The van der Waals surface area contributed by atoms with Gasteiger partial charge in [-0.3, -0.25) is 5.32 Å². The summed E-state index contributed by atoms with van der Waals surface area (Å²) in [5.74, 6) is 1.84. The number of benzene rings is 1. The van der Waals surface area contributed by atoms with Crippen molar-refractivity contribution >= 4 is 35.0 Å². The second-order valence-corrected chi connectivity index (χ2v) is 6.69. The highest BCUT2D eigenvalue weighted by Gasteiger charge is 2.22. The monoisotopic (exact) mass is 430 g/mol. The van der Waals surface area contributed by atoms with Crippen molar-refractivity contribution in [1.82, 2.24) is 15.1 Å². The average Bonchev–Trinajstić information content (AvgIpc) is 3.27. The number of aromatic nitrogens is 3. The van der Waals surface area contributed by atoms with Crippen LogP contribution >= 0.6 is 11.6 Å². The third kappa shape index (κ3) is 4.44. The number of ether oxygens (including phenoxy) is 2. The zero-order valence-corrected chi connectivity index (χ0v) is 16.8. The van der Waals surface area contributed by atoms with Crippen LogP contribution in [0.2, 0.25) is 5.15 Å². The van der Waals surface area contributed by atoms with Gasteiger partial charge < -0.3 is 24.2 Å². The Morgan fingerprint density at radius 2 is 1.90 bits per heavy atom. The number of halogens is 1. The number of nitrogens with zero attached hydrogens (tertiary/aromatic N) is 4. The first-order valence-corrected chi connectivity index (χ1v) is 9.55. The largest absolute Gasteiger partial charge is 0.490 e. The number of carbonyl (C=O) groups is 1. The summed E-state index contributed by atoms with van der Waals surface area (Å²) in [6.07, 6.45) is 1.37. The molecule has 1 saturated heterocycles. The molecule has 156 valence electrons. The number of methoxy groups -OCH3 is 1. The molecule has 0 atom stereocenters. The molecule has 0 saturated carbocycles. The highest BCUT2D eigenvalue weighted by molar-refractivity contribution is 6.31. The Bertz CT molecular complexity index is 1010. The zero-order valence-electron chi connectivity index (χ0n) is 16.1. The maximum atomic E-state index is 12.0. The van der Waals surface area contributed by atoms with Crippen LogP contribution in [0.15, 0.2) is 41.1 Å². The molecule has 1 aromatic carbocycles. The molecule has 1 aliphatic heterocycles. The minimum absolute atomic E-state index is 0.234. The fraction of sp³-hybridized carbons (Fsp3) is 0.263. The quantitative estimate of drug-likeness (QED) is 0.592. The zero-order chi connectivity index (χ0) is 20.9. The van der Waals surface area contributed by atoms with Crippen molar-refractivity contribution in [3.05, 3.63) is 41.7 Å². The van der Waals surface area contributed by atoms with Gasteiger partial charge >= 0.3 is 6.03 Å². The van der Waals surface area contributed by atoms with Crippen molar-refractivity contribution in [1.29, 1.82) is 0 Å². The van der Waals surface area contributed by atoms with E-state index in [2.05, 4.69) is 35.2 Å². The summed E-state index contributed by atoms with van der Waals surface area (Å²) in [6, 6.07) is 8.19. The molecule has 0 unspecified atom stereocenters. The molecule has 2 N–H and O–H groups in total. The Labute approximate surface area is 177 Å². The highest BCUT2D eigenvalue weighted by Crippen LogP contribution is 2.35. The van der Waals surface area contributed by atoms with Gasteiger partial charge in [-0.05, 0) is 24.3 Å². The molecule has 3 aromatic rings. The fourth-order valence-corrected chi connectivity index (χ4v) is 3.21. The van der Waals surface area contributed by atoms with Gasteiger partial charge in [-0.25, -0.2) is 14.8 Å². The first kappa shape index (κ1) is 19.9. The SMILES string of the molecule is COc1c(Cl)nc(-c2ccc(NC(=O)Nc3ccon3)cc2)nc1N1CCOCC1. The minimum atomic E-state index is -0.435. The Balaban J connectivity index is 1.53. The third-order valence-corrected chi connectivity index (χ3v) is 4.66. The van der Waals surface area contributed by atoms with Gasteiger partial charge in [0.15, 0.2) is 28.4 Å². The first-order valence-electron chi connectivity index (χ1n) is 9.17. The lowest BCUT2D eigenvalue weighted by molar-refractivity contribution is 0.122. The van der Waals surface area contributed by atoms with Crippen LogP contribution in [0.4, 0.5) is 22.1 Å². The predicted molar refractivity (Wildman–Crippen MR) is 111 cm³/mol. The molecule has 10 nitrogen and oxygen atoms in total. The molecule has 2 aromatic heterocycles. The lowest BCUT2D eigenvalue weighted by Crippen LogP contribution is -2.37. The summed E-state index contributed by atoms with van der Waals surface area (Å²) in [4.78, 5) is 23.1. The molecule has 0 radical (unpaired) electrons. The molecule has 4 rings (SSSR count). The van der Waals surface area contributed by atoms with E-state index < -0.39 is 6.03 Å². The highest BCUT2D eigenvalue weighted by atomic mass is 35.5. The molecule has 3 heterocycles. The van der Waals surface area contributed by atoms with Crippen LogP contribution in [0.3, 0.4) is 0 Å². The predicted octanol–water partition coefficient (Wildman–Crippen LogP) is 3.27. The van der Waals surface area contributed by atoms with Gasteiger partial charge in [0.2, 0.25) is 0 Å². The van der Waals surface area contributed by atoms with E-state index in [0.29, 0.717) is 55.2 Å². The summed E-state index contributed by atoms with van der Waals surface area (Å²) in [7, 11) is 1.54. The standard InChI is InChI=1S/C19H19ClN6O4/c1-28-15-16(20)23-17(24-18(15)26-7-10-29-11-8-26)12-2-4-13(5-3-12)21-19(27)22-14-6-9-30-25-14/h2-6,9H,7-8,10-11H2,1H3,(H2,21,22,25,27). The van der Waals surface area contributed by atoms with Crippen LogP contribution in [0, 0.1) is 0 Å². The number of morpholine rings is 1. The van der Waals surface area contributed by atoms with Gasteiger partial charge in [0.05, 0.1) is 20.3 Å². The van der Waals surface area contributed by atoms with Crippen LogP contribution in [0.25, 0.3) is 11.4 Å². The fourth-order valence-electron chi connectivity index (χ4n) is 2.96. The van der Waals surface area contributed by atoms with E-state index in [1.54, 1.807) is 37.4 Å². The Hall–Kier alpha value is -3.37. The van der Waals surface area contributed by atoms with Crippen molar-refractivity contribution < 1.29 is 18.8 Å². The second kappa shape index (κ2) is 8.97. The van der Waals surface area contributed by atoms with E-state index in [1.165, 1.54) is 6.26 Å². The van der Waals surface area contributed by atoms with Crippen molar-refractivity contribution in [3.8, 4) is 17.1 Å². The number of urea groups is 1. The average molecular weight is 431 g/mol. The number of hydrogen-bond donors (Lipinski definition) is 2. The molecule has 11 heteroatoms. The van der Waals surface area contributed by atoms with Crippen LogP contribution in [-0.2, 0) is 4.74 Å². The molecule has 0 aliphatic carbocycles. The maximum absolute atomic E-state index is 12.0. The van der Waals surface area contributed by atoms with E-state index in [-0.39, 0.29) is 5.15 Å². The van der Waals surface area contributed by atoms with Crippen molar-refractivity contribution in [2.24, 2.45) is 0 Å². The van der Waals surface area contributed by atoms with Crippen LogP contribution < -0.4 is 20.3 Å². The van der Waals surface area contributed by atoms with Gasteiger partial charge in [-0.2, -0.15) is 0 Å². The van der Waals surface area contributed by atoms with Crippen molar-refractivity contribution in [2.45, 2.75) is 0 Å². The van der Waals surface area contributed by atoms with Gasteiger partial charge in [0, 0.05) is 30.4 Å². The van der Waals surface area contributed by atoms with Gasteiger partial charge in [-0.15, -0.1) is 0 Å². The molecule has 2 amide bonds. The number of anilines is 3. The van der Waals surface area contributed by atoms with E-state index in [9.17, 15) is 4.79 Å². The molecule has 30 heavy (non-hydrogen) atoms. The summed E-state index contributed by atoms with van der Waals surface area (Å²) >= 11 is 6.36. The smallest absolute Gasteiger partial charge is 0.324 e. The summed E-state index contributed by atoms with van der Waals surface area (Å²) in [5, 5.41) is 9.12. The molecule has 1 fully saturated rings. The van der Waals surface area contributed by atoms with E-state index in [4.69, 9.17) is 21.1 Å². The Kier molecular flexibility index (Phi) is 5.96. The first-order chi connectivity index (χ1) is 14.6. The van der Waals surface area contributed by atoms with Crippen LogP contribution in [0.5, 0.6) is 5.75 Å². The summed E-state index contributed by atoms with van der Waals surface area (Å²) < 4.78 is 15.5. The van der Waals surface area contributed by atoms with Gasteiger partial charge in [0.25, 0.3) is 0 Å². The van der Waals surface area contributed by atoms with Crippen LogP contribution in [0.1, 0.15) is 0 Å². The minimum Gasteiger partial charge on any atom is -0.490 e. The van der Waals surface area contributed by atoms with Crippen molar-refractivity contribution in [3.63, 3.8) is 0 Å². The Morgan fingerprint density at radius 1 is 1.13 bits per heavy atom. The molecular formula is C19H19ClN6O4.